The Morgan fingerprint density at radius 1 is 0.880 bits per heavy atom. The maximum absolute atomic E-state index is 11.7. The van der Waals surface area contributed by atoms with Gasteiger partial charge in [-0.25, -0.2) is 5.06 Å². The first-order chi connectivity index (χ1) is 11.9. The molecule has 0 heterocycles. The smallest absolute Gasteiger partial charge is 0.265 e. The summed E-state index contributed by atoms with van der Waals surface area (Å²) in [4.78, 5) is 34.8. The maximum Gasteiger partial charge on any atom is 0.265 e. The SMILES string of the molecule is CCCCCCC(=O)CCCCCC(=O)CCN(O)C(=O)[C@@H](N)CO. The fourth-order valence-electron chi connectivity index (χ4n) is 2.43. The fraction of sp³-hybridized carbons (Fsp3) is 0.833. The van der Waals surface area contributed by atoms with Crippen LogP contribution in [0, 0.1) is 0 Å². The van der Waals surface area contributed by atoms with Gasteiger partial charge in [0, 0.05) is 25.7 Å². The van der Waals surface area contributed by atoms with Gasteiger partial charge < -0.3 is 10.8 Å². The van der Waals surface area contributed by atoms with E-state index < -0.39 is 18.6 Å². The molecule has 7 nitrogen and oxygen atoms in total. The number of aliphatic hydroxyl groups is 1. The van der Waals surface area contributed by atoms with Crippen LogP contribution < -0.4 is 5.73 Å². The molecule has 0 rings (SSSR count). The van der Waals surface area contributed by atoms with Gasteiger partial charge in [0.25, 0.3) is 5.91 Å². The zero-order valence-corrected chi connectivity index (χ0v) is 15.4. The highest BCUT2D eigenvalue weighted by Crippen LogP contribution is 2.09. The third-order valence-electron chi connectivity index (χ3n) is 4.09. The quantitative estimate of drug-likeness (QED) is 0.220. The van der Waals surface area contributed by atoms with Gasteiger partial charge in [0.2, 0.25) is 0 Å². The van der Waals surface area contributed by atoms with Gasteiger partial charge in [-0.2, -0.15) is 0 Å². The van der Waals surface area contributed by atoms with Gasteiger partial charge >= 0.3 is 0 Å². The van der Waals surface area contributed by atoms with Crippen molar-refractivity contribution in [1.29, 1.82) is 0 Å². The Balaban J connectivity index is 3.64. The minimum atomic E-state index is -1.17. The van der Waals surface area contributed by atoms with Crippen LogP contribution in [0.4, 0.5) is 0 Å². The van der Waals surface area contributed by atoms with E-state index in [1.165, 1.54) is 12.8 Å². The number of aliphatic hydroxyl groups excluding tert-OH is 1. The lowest BCUT2D eigenvalue weighted by atomic mass is 10.0. The third kappa shape index (κ3) is 12.7. The van der Waals surface area contributed by atoms with Crippen molar-refractivity contribution < 1.29 is 24.7 Å². The number of hydrogen-bond acceptors (Lipinski definition) is 6. The lowest BCUT2D eigenvalue weighted by Gasteiger charge is -2.17. The number of unbranched alkanes of at least 4 members (excludes halogenated alkanes) is 5. The van der Waals surface area contributed by atoms with E-state index in [2.05, 4.69) is 6.92 Å². The minimum Gasteiger partial charge on any atom is -0.394 e. The van der Waals surface area contributed by atoms with Crippen molar-refractivity contribution in [2.45, 2.75) is 83.6 Å². The highest BCUT2D eigenvalue weighted by Gasteiger charge is 2.19. The van der Waals surface area contributed by atoms with Crippen LogP contribution in [0.15, 0.2) is 0 Å². The standard InChI is InChI=1S/C18H34N2O5/c1-2-3-4-6-9-15(22)10-7-5-8-11-16(23)12-13-20(25)18(24)17(19)14-21/h17,21,25H,2-14,19H2,1H3/t17-/m0/s1. The maximum atomic E-state index is 11.7. The molecule has 0 unspecified atom stereocenters. The normalized spacial score (nSPS) is 12.0. The molecule has 1 atom stereocenters. The van der Waals surface area contributed by atoms with Crippen molar-refractivity contribution in [2.75, 3.05) is 13.2 Å². The second-order valence-electron chi connectivity index (χ2n) is 6.45. The summed E-state index contributed by atoms with van der Waals surface area (Å²) in [6.45, 7) is 1.46. The van der Waals surface area contributed by atoms with E-state index in [1.54, 1.807) is 0 Å². The van der Waals surface area contributed by atoms with Crippen LogP contribution in [0.2, 0.25) is 0 Å². The molecule has 0 aromatic heterocycles. The number of rotatable bonds is 16. The Kier molecular flexibility index (Phi) is 14.2. The molecule has 0 spiro atoms. The van der Waals surface area contributed by atoms with E-state index in [0.29, 0.717) is 36.5 Å². The molecule has 0 fully saturated rings. The van der Waals surface area contributed by atoms with Gasteiger partial charge in [0.15, 0.2) is 0 Å². The minimum absolute atomic E-state index is 0.0460. The van der Waals surface area contributed by atoms with Gasteiger partial charge in [-0.15, -0.1) is 0 Å². The Morgan fingerprint density at radius 2 is 1.36 bits per heavy atom. The van der Waals surface area contributed by atoms with Crippen molar-refractivity contribution in [3.63, 3.8) is 0 Å². The summed E-state index contributed by atoms with van der Waals surface area (Å²) in [7, 11) is 0. The molecule has 0 aliphatic rings. The lowest BCUT2D eigenvalue weighted by molar-refractivity contribution is -0.168. The van der Waals surface area contributed by atoms with E-state index >= 15 is 0 Å². The molecule has 146 valence electrons. The number of carbonyl (C=O) groups excluding carboxylic acids is 3. The first kappa shape index (κ1) is 23.7. The van der Waals surface area contributed by atoms with Crippen LogP contribution in [0.1, 0.15) is 77.6 Å². The number of nitrogens with two attached hydrogens (primary N) is 1. The van der Waals surface area contributed by atoms with Crippen molar-refractivity contribution >= 4 is 17.5 Å². The second kappa shape index (κ2) is 15.0. The van der Waals surface area contributed by atoms with Crippen LogP contribution in [-0.4, -0.2) is 52.0 Å². The number of ketones is 2. The van der Waals surface area contributed by atoms with Crippen LogP contribution in [0.5, 0.6) is 0 Å². The van der Waals surface area contributed by atoms with Crippen LogP contribution in [0.25, 0.3) is 0 Å². The number of nitrogens with zero attached hydrogens (tertiary/aromatic N) is 1. The molecule has 0 aromatic rings. The molecular weight excluding hydrogens is 324 g/mol. The predicted molar refractivity (Wildman–Crippen MR) is 95.0 cm³/mol. The van der Waals surface area contributed by atoms with Crippen molar-refractivity contribution in [1.82, 2.24) is 5.06 Å². The summed E-state index contributed by atoms with van der Waals surface area (Å²) in [5.41, 5.74) is 5.29. The molecule has 0 aliphatic heterocycles. The molecule has 0 saturated heterocycles. The third-order valence-corrected chi connectivity index (χ3v) is 4.09. The lowest BCUT2D eigenvalue weighted by Crippen LogP contribution is -2.44. The largest absolute Gasteiger partial charge is 0.394 e. The van der Waals surface area contributed by atoms with E-state index in [1.807, 2.05) is 0 Å². The molecule has 0 radical (unpaired) electrons. The summed E-state index contributed by atoms with van der Waals surface area (Å²) in [5, 5.41) is 18.6. The number of amides is 1. The zero-order valence-electron chi connectivity index (χ0n) is 15.4. The first-order valence-corrected chi connectivity index (χ1v) is 9.32. The van der Waals surface area contributed by atoms with Crippen LogP contribution >= 0.6 is 0 Å². The molecule has 25 heavy (non-hydrogen) atoms. The Bertz CT molecular complexity index is 401. The molecule has 1 amide bonds. The van der Waals surface area contributed by atoms with Crippen molar-refractivity contribution in [3.8, 4) is 0 Å². The monoisotopic (exact) mass is 358 g/mol. The Labute approximate surface area is 150 Å². The van der Waals surface area contributed by atoms with E-state index in [9.17, 15) is 19.6 Å². The average molecular weight is 358 g/mol. The molecule has 0 aliphatic carbocycles. The van der Waals surface area contributed by atoms with E-state index in [4.69, 9.17) is 10.8 Å². The van der Waals surface area contributed by atoms with Crippen molar-refractivity contribution in [3.05, 3.63) is 0 Å². The molecule has 0 saturated carbocycles. The van der Waals surface area contributed by atoms with Gasteiger partial charge in [-0.05, 0) is 19.3 Å². The molecular formula is C18H34N2O5. The fourth-order valence-corrected chi connectivity index (χ4v) is 2.43. The van der Waals surface area contributed by atoms with Gasteiger partial charge in [0.05, 0.1) is 13.2 Å². The topological polar surface area (TPSA) is 121 Å². The summed E-state index contributed by atoms with van der Waals surface area (Å²) < 4.78 is 0. The van der Waals surface area contributed by atoms with Crippen molar-refractivity contribution in [2.24, 2.45) is 5.73 Å². The van der Waals surface area contributed by atoms with Gasteiger partial charge in [-0.1, -0.05) is 32.6 Å². The second-order valence-corrected chi connectivity index (χ2v) is 6.45. The predicted octanol–water partition coefficient (Wildman–Crippen LogP) is 1.97. The number of carbonyl (C=O) groups is 3. The highest BCUT2D eigenvalue weighted by atomic mass is 16.5. The summed E-state index contributed by atoms with van der Waals surface area (Å²) in [5.74, 6) is -0.542. The first-order valence-electron chi connectivity index (χ1n) is 9.32. The summed E-state index contributed by atoms with van der Waals surface area (Å²) in [6, 6.07) is -1.17. The number of Topliss-reactive ketones (excluding diaryl/α,β-unsaturated/α-hetero) is 2. The van der Waals surface area contributed by atoms with Gasteiger partial charge in [0.1, 0.15) is 17.6 Å². The molecule has 0 aromatic carbocycles. The number of hydrogen-bond donors (Lipinski definition) is 3. The van der Waals surface area contributed by atoms with Crippen LogP contribution in [0.3, 0.4) is 0 Å². The molecule has 0 bridgehead atoms. The van der Waals surface area contributed by atoms with Crippen LogP contribution in [-0.2, 0) is 14.4 Å². The Hall–Kier alpha value is -1.31. The Morgan fingerprint density at radius 3 is 1.84 bits per heavy atom. The number of hydroxylamine groups is 2. The molecule has 7 heteroatoms. The zero-order chi connectivity index (χ0) is 19.1. The molecule has 4 N–H and O–H groups in total. The summed E-state index contributed by atoms with van der Waals surface area (Å²) >= 11 is 0. The van der Waals surface area contributed by atoms with Gasteiger partial charge in [-0.3, -0.25) is 19.6 Å². The highest BCUT2D eigenvalue weighted by molar-refractivity contribution is 5.82. The van der Waals surface area contributed by atoms with E-state index in [0.717, 1.165) is 25.7 Å². The average Bonchev–Trinajstić information content (AvgIpc) is 2.61. The van der Waals surface area contributed by atoms with E-state index in [-0.39, 0.29) is 18.7 Å². The summed E-state index contributed by atoms with van der Waals surface area (Å²) in [6.07, 6.45) is 8.43.